The molecule has 3 aromatic rings. The van der Waals surface area contributed by atoms with Crippen LogP contribution in [0.15, 0.2) is 68.8 Å². The van der Waals surface area contributed by atoms with Gasteiger partial charge in [0.05, 0.1) is 27.8 Å². The molecule has 2 aliphatic rings. The SMILES string of the molecule is COc1ccc(C2C3=C(Sc4[nH]c(=O)sc42)C(=O)c2ccccc2C3=O)cc1. The van der Waals surface area contributed by atoms with E-state index in [0.29, 0.717) is 32.4 Å². The van der Waals surface area contributed by atoms with Gasteiger partial charge in [-0.2, -0.15) is 0 Å². The van der Waals surface area contributed by atoms with Crippen molar-refractivity contribution < 1.29 is 14.3 Å². The van der Waals surface area contributed by atoms with E-state index in [9.17, 15) is 14.4 Å². The summed E-state index contributed by atoms with van der Waals surface area (Å²) in [4.78, 5) is 42.4. The molecule has 0 saturated heterocycles. The lowest BCUT2D eigenvalue weighted by atomic mass is 9.79. The van der Waals surface area contributed by atoms with Gasteiger partial charge in [0.25, 0.3) is 0 Å². The summed E-state index contributed by atoms with van der Waals surface area (Å²) in [5.41, 5.74) is 2.11. The second-order valence-electron chi connectivity index (χ2n) is 6.46. The molecule has 2 aromatic carbocycles. The van der Waals surface area contributed by atoms with E-state index < -0.39 is 5.92 Å². The molecule has 1 atom stereocenters. The molecule has 1 aliphatic carbocycles. The van der Waals surface area contributed by atoms with Crippen LogP contribution in [0.3, 0.4) is 0 Å². The number of aromatic amines is 1. The number of H-pyrrole nitrogens is 1. The number of Topliss-reactive ketones (excluding diaryl/α,β-unsaturated/α-hetero) is 2. The predicted octanol–water partition coefficient (Wildman–Crippen LogP) is 4.02. The number of allylic oxidation sites excluding steroid dienone is 2. The van der Waals surface area contributed by atoms with E-state index >= 15 is 0 Å². The normalized spacial score (nSPS) is 17.8. The molecule has 0 saturated carbocycles. The first-order valence-electron chi connectivity index (χ1n) is 8.56. The maximum absolute atomic E-state index is 13.4. The van der Waals surface area contributed by atoms with Gasteiger partial charge in [0.2, 0.25) is 5.78 Å². The summed E-state index contributed by atoms with van der Waals surface area (Å²) in [6.07, 6.45) is 0. The number of thiazole rings is 1. The topological polar surface area (TPSA) is 76.2 Å². The fourth-order valence-corrected chi connectivity index (χ4v) is 5.95. The van der Waals surface area contributed by atoms with Crippen LogP contribution in [0.5, 0.6) is 5.75 Å². The zero-order valence-electron chi connectivity index (χ0n) is 14.6. The number of ether oxygens (including phenoxy) is 1. The number of hydrogen-bond donors (Lipinski definition) is 1. The molecule has 5 rings (SSSR count). The van der Waals surface area contributed by atoms with E-state index in [0.717, 1.165) is 21.8 Å². The monoisotopic (exact) mass is 407 g/mol. The molecular formula is C21H13NO4S2. The van der Waals surface area contributed by atoms with Gasteiger partial charge < -0.3 is 9.72 Å². The number of hydrogen-bond acceptors (Lipinski definition) is 6. The molecule has 28 heavy (non-hydrogen) atoms. The Hall–Kier alpha value is -2.90. The summed E-state index contributed by atoms with van der Waals surface area (Å²) in [6.45, 7) is 0. The van der Waals surface area contributed by atoms with E-state index in [2.05, 4.69) is 4.98 Å². The van der Waals surface area contributed by atoms with Crippen molar-refractivity contribution in [2.45, 2.75) is 10.9 Å². The second kappa shape index (κ2) is 6.32. The number of fused-ring (bicyclic) bond motifs is 2. The number of methoxy groups -OCH3 is 1. The zero-order chi connectivity index (χ0) is 19.4. The summed E-state index contributed by atoms with van der Waals surface area (Å²) in [6, 6.07) is 14.2. The van der Waals surface area contributed by atoms with E-state index in [4.69, 9.17) is 4.74 Å². The Balaban J connectivity index is 1.76. The van der Waals surface area contributed by atoms with Gasteiger partial charge in [0.1, 0.15) is 5.75 Å². The highest BCUT2D eigenvalue weighted by Gasteiger charge is 2.42. The van der Waals surface area contributed by atoms with Crippen molar-refractivity contribution in [2.75, 3.05) is 7.11 Å². The van der Waals surface area contributed by atoms with Gasteiger partial charge in [0, 0.05) is 16.7 Å². The number of carbonyl (C=O) groups is 2. The molecule has 0 bridgehead atoms. The van der Waals surface area contributed by atoms with Gasteiger partial charge >= 0.3 is 4.87 Å². The number of thioether (sulfide) groups is 1. The van der Waals surface area contributed by atoms with E-state index in [-0.39, 0.29) is 16.4 Å². The summed E-state index contributed by atoms with van der Waals surface area (Å²) in [7, 11) is 1.59. The Labute approximate surface area is 168 Å². The third-order valence-electron chi connectivity index (χ3n) is 4.96. The molecule has 1 N–H and O–H groups in total. The summed E-state index contributed by atoms with van der Waals surface area (Å²) < 4.78 is 5.23. The molecule has 0 amide bonds. The maximum atomic E-state index is 13.4. The molecule has 7 heteroatoms. The Morgan fingerprint density at radius 3 is 2.29 bits per heavy atom. The van der Waals surface area contributed by atoms with Crippen molar-refractivity contribution in [3.05, 3.63) is 90.2 Å². The van der Waals surface area contributed by atoms with Gasteiger partial charge in [-0.25, -0.2) is 0 Å². The van der Waals surface area contributed by atoms with Crippen molar-refractivity contribution in [3.63, 3.8) is 0 Å². The molecule has 1 aliphatic heterocycles. The lowest BCUT2D eigenvalue weighted by molar-refractivity contribution is 0.0977. The average molecular weight is 407 g/mol. The fraction of sp³-hybridized carbons (Fsp3) is 0.0952. The molecule has 138 valence electrons. The first kappa shape index (κ1) is 17.2. The van der Waals surface area contributed by atoms with Gasteiger partial charge in [-0.05, 0) is 17.7 Å². The number of ketones is 2. The minimum atomic E-state index is -0.467. The number of carbonyl (C=O) groups excluding carboxylic acids is 2. The van der Waals surface area contributed by atoms with Gasteiger partial charge in [-0.1, -0.05) is 59.5 Å². The van der Waals surface area contributed by atoms with Crippen molar-refractivity contribution in [1.82, 2.24) is 4.98 Å². The molecule has 5 nitrogen and oxygen atoms in total. The Kier molecular flexibility index (Phi) is 3.89. The van der Waals surface area contributed by atoms with Crippen LogP contribution in [-0.4, -0.2) is 23.7 Å². The van der Waals surface area contributed by atoms with Gasteiger partial charge in [-0.3, -0.25) is 14.4 Å². The molecule has 0 spiro atoms. The van der Waals surface area contributed by atoms with E-state index in [1.807, 2.05) is 24.3 Å². The number of benzene rings is 2. The van der Waals surface area contributed by atoms with Crippen LogP contribution < -0.4 is 9.61 Å². The zero-order valence-corrected chi connectivity index (χ0v) is 16.3. The maximum Gasteiger partial charge on any atom is 0.305 e. The summed E-state index contributed by atoms with van der Waals surface area (Å²) >= 11 is 2.27. The van der Waals surface area contributed by atoms with Crippen molar-refractivity contribution in [3.8, 4) is 5.75 Å². The number of nitrogens with one attached hydrogen (secondary N) is 1. The second-order valence-corrected chi connectivity index (χ2v) is 8.50. The van der Waals surface area contributed by atoms with Crippen LogP contribution in [-0.2, 0) is 0 Å². The highest BCUT2D eigenvalue weighted by atomic mass is 32.2. The van der Waals surface area contributed by atoms with Crippen LogP contribution in [0.4, 0.5) is 0 Å². The lowest BCUT2D eigenvalue weighted by Gasteiger charge is -2.30. The molecule has 0 fully saturated rings. The lowest BCUT2D eigenvalue weighted by Crippen LogP contribution is -2.27. The minimum absolute atomic E-state index is 0.162. The highest BCUT2D eigenvalue weighted by Crippen LogP contribution is 2.51. The quantitative estimate of drug-likeness (QED) is 0.694. The number of rotatable bonds is 2. The molecule has 0 radical (unpaired) electrons. The van der Waals surface area contributed by atoms with Crippen LogP contribution in [0.1, 0.15) is 37.1 Å². The fourth-order valence-electron chi connectivity index (χ4n) is 3.67. The predicted molar refractivity (Wildman–Crippen MR) is 108 cm³/mol. The first-order valence-corrected chi connectivity index (χ1v) is 10.2. The highest BCUT2D eigenvalue weighted by molar-refractivity contribution is 8.04. The summed E-state index contributed by atoms with van der Waals surface area (Å²) in [5.74, 6) is -0.107. The van der Waals surface area contributed by atoms with Crippen molar-refractivity contribution >= 4 is 34.7 Å². The molecule has 1 aromatic heterocycles. The molecule has 2 heterocycles. The van der Waals surface area contributed by atoms with E-state index in [1.165, 1.54) is 11.8 Å². The third-order valence-corrected chi connectivity index (χ3v) is 7.17. The smallest absolute Gasteiger partial charge is 0.305 e. The number of aromatic nitrogens is 1. The average Bonchev–Trinajstić information content (AvgIpc) is 3.10. The third kappa shape index (κ3) is 2.43. The Morgan fingerprint density at radius 2 is 1.61 bits per heavy atom. The molecule has 1 unspecified atom stereocenters. The van der Waals surface area contributed by atoms with Crippen LogP contribution >= 0.6 is 23.1 Å². The van der Waals surface area contributed by atoms with E-state index in [1.54, 1.807) is 31.4 Å². The van der Waals surface area contributed by atoms with Crippen LogP contribution in [0, 0.1) is 0 Å². The van der Waals surface area contributed by atoms with Crippen molar-refractivity contribution in [1.29, 1.82) is 0 Å². The minimum Gasteiger partial charge on any atom is -0.497 e. The molecular weight excluding hydrogens is 394 g/mol. The van der Waals surface area contributed by atoms with Crippen LogP contribution in [0.2, 0.25) is 0 Å². The largest absolute Gasteiger partial charge is 0.497 e. The van der Waals surface area contributed by atoms with Gasteiger partial charge in [-0.15, -0.1) is 0 Å². The summed E-state index contributed by atoms with van der Waals surface area (Å²) in [5, 5.41) is 0.634. The Morgan fingerprint density at radius 1 is 0.929 bits per heavy atom. The van der Waals surface area contributed by atoms with Crippen LogP contribution in [0.25, 0.3) is 0 Å². The standard InChI is InChI=1S/C21H13NO4S2/c1-26-11-8-6-10(7-9-11)14-15-16(23)12-4-2-3-5-13(12)17(24)18(15)27-20-19(14)28-21(25)22-20/h2-9,14H,1H3,(H,22,25). The Bertz CT molecular complexity index is 1230. The van der Waals surface area contributed by atoms with Crippen molar-refractivity contribution in [2.24, 2.45) is 0 Å². The van der Waals surface area contributed by atoms with Gasteiger partial charge in [0.15, 0.2) is 5.78 Å². The first-order chi connectivity index (χ1) is 13.6.